The van der Waals surface area contributed by atoms with Crippen molar-refractivity contribution in [1.82, 2.24) is 0 Å². The minimum absolute atomic E-state index is 0. The van der Waals surface area contributed by atoms with E-state index >= 15 is 0 Å². The fourth-order valence-electron chi connectivity index (χ4n) is 0.539. The molecule has 0 aromatic carbocycles. The molecule has 0 aromatic heterocycles. The van der Waals surface area contributed by atoms with E-state index in [1.54, 1.807) is 0 Å². The first-order chi connectivity index (χ1) is 7.00. The van der Waals surface area contributed by atoms with Gasteiger partial charge in [0.15, 0.2) is 0 Å². The van der Waals surface area contributed by atoms with Gasteiger partial charge < -0.3 is 0 Å². The summed E-state index contributed by atoms with van der Waals surface area (Å²) >= 11 is 0. The van der Waals surface area contributed by atoms with Gasteiger partial charge in [-0.05, 0) is 0 Å². The molecule has 0 aliphatic rings. The Labute approximate surface area is 106 Å². The second-order valence-corrected chi connectivity index (χ2v) is 4.31. The first-order valence-electron chi connectivity index (χ1n) is 3.22. The molecule has 3 nitrogen and oxygen atoms in total. The standard InChI is InChI=1S/C4H2F9NO2S.Li.H/c5-1(6,3(9,10)11)2(7,8)4(12,13)17(14,15)16;;/h(H2,14,15,16);;. The van der Waals surface area contributed by atoms with Crippen LogP contribution in [-0.2, 0) is 10.0 Å². The van der Waals surface area contributed by atoms with Crippen LogP contribution in [0, 0.1) is 0 Å². The zero-order valence-electron chi connectivity index (χ0n) is 7.20. The molecule has 18 heavy (non-hydrogen) atoms. The molecule has 0 radical (unpaired) electrons. The second kappa shape index (κ2) is 4.77. The summed E-state index contributed by atoms with van der Waals surface area (Å²) in [4.78, 5) is 0. The number of hydrogen-bond donors (Lipinski definition) is 1. The summed E-state index contributed by atoms with van der Waals surface area (Å²) in [6.45, 7) is 0. The number of sulfonamides is 1. The molecule has 0 fully saturated rings. The quantitative estimate of drug-likeness (QED) is 0.626. The molecule has 0 aliphatic carbocycles. The maximum absolute atomic E-state index is 12.3. The van der Waals surface area contributed by atoms with Crippen molar-refractivity contribution in [3.05, 3.63) is 0 Å². The van der Waals surface area contributed by atoms with Crippen LogP contribution in [-0.4, -0.2) is 50.6 Å². The van der Waals surface area contributed by atoms with E-state index in [-0.39, 0.29) is 18.9 Å². The van der Waals surface area contributed by atoms with E-state index < -0.39 is 33.3 Å². The summed E-state index contributed by atoms with van der Waals surface area (Å²) in [5.41, 5.74) is 0. The van der Waals surface area contributed by atoms with E-state index in [9.17, 15) is 47.9 Å². The number of halogens is 9. The van der Waals surface area contributed by atoms with Crippen molar-refractivity contribution in [2.45, 2.75) is 23.3 Å². The van der Waals surface area contributed by atoms with E-state index in [0.717, 1.165) is 0 Å². The Morgan fingerprint density at radius 2 is 1.00 bits per heavy atom. The monoisotopic (exact) mass is 307 g/mol. The van der Waals surface area contributed by atoms with Crippen molar-refractivity contribution in [3.8, 4) is 0 Å². The molecule has 0 bridgehead atoms. The van der Waals surface area contributed by atoms with Gasteiger partial charge >= 0.3 is 42.1 Å². The third kappa shape index (κ3) is 2.73. The molecular weight excluding hydrogens is 304 g/mol. The van der Waals surface area contributed by atoms with Crippen LogP contribution < -0.4 is 5.14 Å². The summed E-state index contributed by atoms with van der Waals surface area (Å²) in [5.74, 6) is -14.5. The first-order valence-corrected chi connectivity index (χ1v) is 4.77. The summed E-state index contributed by atoms with van der Waals surface area (Å²) in [6.07, 6.45) is -7.08. The van der Waals surface area contributed by atoms with Gasteiger partial charge in [0.25, 0.3) is 10.0 Å². The Hall–Kier alpha value is -0.123. The van der Waals surface area contributed by atoms with Crippen molar-refractivity contribution < 1.29 is 47.9 Å². The zero-order chi connectivity index (χ0) is 14.5. The van der Waals surface area contributed by atoms with E-state index in [1.165, 1.54) is 0 Å². The van der Waals surface area contributed by atoms with Gasteiger partial charge in [0.1, 0.15) is 0 Å². The summed E-state index contributed by atoms with van der Waals surface area (Å²) in [7, 11) is -6.67. The van der Waals surface area contributed by atoms with Gasteiger partial charge in [-0.3, -0.25) is 0 Å². The summed E-state index contributed by atoms with van der Waals surface area (Å²) < 4.78 is 127. The Bertz CT molecular complexity index is 401. The molecule has 14 heteroatoms. The van der Waals surface area contributed by atoms with Crippen LogP contribution >= 0.6 is 0 Å². The predicted octanol–water partition coefficient (Wildman–Crippen LogP) is 1.05. The molecule has 0 saturated carbocycles. The third-order valence-electron chi connectivity index (χ3n) is 1.47. The molecule has 0 spiro atoms. The van der Waals surface area contributed by atoms with Crippen LogP contribution in [0.3, 0.4) is 0 Å². The Balaban J connectivity index is 0. The Morgan fingerprint density at radius 1 is 0.722 bits per heavy atom. The van der Waals surface area contributed by atoms with Gasteiger partial charge in [-0.2, -0.15) is 39.5 Å². The minimum atomic E-state index is -7.27. The number of nitrogens with two attached hydrogens (primary N) is 1. The van der Waals surface area contributed by atoms with E-state index in [0.29, 0.717) is 0 Å². The maximum atomic E-state index is 12.3. The van der Waals surface area contributed by atoms with Crippen LogP contribution in [0.15, 0.2) is 0 Å². The van der Waals surface area contributed by atoms with Crippen molar-refractivity contribution in [2.24, 2.45) is 5.14 Å². The SMILES string of the molecule is NS(=O)(=O)C(F)(F)C(F)(F)C(F)(F)C(F)(F)F.[LiH]. The van der Waals surface area contributed by atoms with Crippen LogP contribution in [0.25, 0.3) is 0 Å². The summed E-state index contributed by atoms with van der Waals surface area (Å²) in [5, 5.41) is -3.30. The fraction of sp³-hybridized carbons (Fsp3) is 1.00. The van der Waals surface area contributed by atoms with E-state index in [1.807, 2.05) is 0 Å². The third-order valence-corrected chi connectivity index (χ3v) is 2.44. The van der Waals surface area contributed by atoms with Crippen LogP contribution in [0.1, 0.15) is 0 Å². The van der Waals surface area contributed by atoms with Gasteiger partial charge in [-0.1, -0.05) is 0 Å². The number of primary sulfonamides is 1. The van der Waals surface area contributed by atoms with Crippen molar-refractivity contribution in [2.75, 3.05) is 0 Å². The molecule has 0 heterocycles. The first kappa shape index (κ1) is 20.2. The summed E-state index contributed by atoms with van der Waals surface area (Å²) in [6, 6.07) is 0. The molecule has 0 atom stereocenters. The molecule has 0 unspecified atom stereocenters. The molecule has 106 valence electrons. The molecule has 0 amide bonds. The Morgan fingerprint density at radius 3 is 1.17 bits per heavy atom. The van der Waals surface area contributed by atoms with Crippen molar-refractivity contribution in [1.29, 1.82) is 0 Å². The fourth-order valence-corrected chi connectivity index (χ4v) is 1.02. The number of rotatable bonds is 3. The molecule has 2 N–H and O–H groups in total. The molecular formula is C4H3F9LiNO2S. The van der Waals surface area contributed by atoms with Gasteiger partial charge in [0.05, 0.1) is 0 Å². The van der Waals surface area contributed by atoms with Gasteiger partial charge in [-0.25, -0.2) is 13.6 Å². The average Bonchev–Trinajstić information content (AvgIpc) is 1.98. The average molecular weight is 307 g/mol. The number of alkyl halides is 9. The number of hydrogen-bond acceptors (Lipinski definition) is 2. The van der Waals surface area contributed by atoms with Gasteiger partial charge in [0.2, 0.25) is 0 Å². The van der Waals surface area contributed by atoms with E-state index in [4.69, 9.17) is 0 Å². The van der Waals surface area contributed by atoms with Gasteiger partial charge in [-0.15, -0.1) is 0 Å². The van der Waals surface area contributed by atoms with Gasteiger partial charge in [0, 0.05) is 0 Å². The molecule has 0 aliphatic heterocycles. The Kier molecular flexibility index (Phi) is 5.35. The normalized spacial score (nSPS) is 15.2. The van der Waals surface area contributed by atoms with Crippen LogP contribution in [0.5, 0.6) is 0 Å². The molecule has 0 rings (SSSR count). The van der Waals surface area contributed by atoms with Crippen molar-refractivity contribution in [3.63, 3.8) is 0 Å². The van der Waals surface area contributed by atoms with Crippen LogP contribution in [0.2, 0.25) is 0 Å². The van der Waals surface area contributed by atoms with Crippen molar-refractivity contribution >= 4 is 28.9 Å². The zero-order valence-corrected chi connectivity index (χ0v) is 8.02. The predicted molar refractivity (Wildman–Crippen MR) is 41.2 cm³/mol. The topological polar surface area (TPSA) is 60.2 Å². The van der Waals surface area contributed by atoms with Crippen LogP contribution in [0.4, 0.5) is 39.5 Å². The molecule has 0 saturated heterocycles. The van der Waals surface area contributed by atoms with E-state index in [2.05, 4.69) is 5.14 Å². The second-order valence-electron chi connectivity index (χ2n) is 2.71. The molecule has 0 aromatic rings.